The Hall–Kier alpha value is -1.49. The van der Waals surface area contributed by atoms with Crippen molar-refractivity contribution in [2.75, 3.05) is 6.61 Å². The van der Waals surface area contributed by atoms with Gasteiger partial charge in [0.1, 0.15) is 17.7 Å². The van der Waals surface area contributed by atoms with Crippen LogP contribution in [0.3, 0.4) is 0 Å². The third kappa shape index (κ3) is 4.28. The van der Waals surface area contributed by atoms with Crippen LogP contribution in [0.4, 0.5) is 8.78 Å². The summed E-state index contributed by atoms with van der Waals surface area (Å²) in [6.07, 6.45) is 0.777. The number of hydrogen-bond acceptors (Lipinski definition) is 3. The topological polar surface area (TPSA) is 38.3 Å². The molecule has 0 heterocycles. The van der Waals surface area contributed by atoms with Crippen LogP contribution in [0.1, 0.15) is 38.8 Å². The molecule has 1 aromatic rings. The molecule has 0 saturated heterocycles. The average molecular weight is 271 g/mol. The fraction of sp³-hybridized carbons (Fsp3) is 0.500. The Morgan fingerprint density at radius 1 is 1.37 bits per heavy atom. The molecule has 0 radical (unpaired) electrons. The van der Waals surface area contributed by atoms with Crippen molar-refractivity contribution in [1.82, 2.24) is 5.32 Å². The van der Waals surface area contributed by atoms with E-state index < -0.39 is 23.6 Å². The van der Waals surface area contributed by atoms with Crippen LogP contribution in [0.25, 0.3) is 0 Å². The SMILES string of the molecule is CCOC(=O)C(NC(C)CC)c1ccc(F)cc1F. The molecule has 0 amide bonds. The molecule has 0 aliphatic heterocycles. The quantitative estimate of drug-likeness (QED) is 0.808. The zero-order chi connectivity index (χ0) is 14.4. The molecule has 0 spiro atoms. The van der Waals surface area contributed by atoms with Crippen LogP contribution in [0.15, 0.2) is 18.2 Å². The molecule has 19 heavy (non-hydrogen) atoms. The Kier molecular flexibility index (Phi) is 5.89. The highest BCUT2D eigenvalue weighted by Gasteiger charge is 2.26. The second kappa shape index (κ2) is 7.19. The number of benzene rings is 1. The predicted molar refractivity (Wildman–Crippen MR) is 68.6 cm³/mol. The van der Waals surface area contributed by atoms with Crippen molar-refractivity contribution < 1.29 is 18.3 Å². The molecule has 5 heteroatoms. The maximum Gasteiger partial charge on any atom is 0.327 e. The van der Waals surface area contributed by atoms with Crippen LogP contribution in [0.5, 0.6) is 0 Å². The van der Waals surface area contributed by atoms with Crippen LogP contribution in [-0.4, -0.2) is 18.6 Å². The van der Waals surface area contributed by atoms with E-state index in [1.807, 2.05) is 13.8 Å². The van der Waals surface area contributed by atoms with Gasteiger partial charge in [0.25, 0.3) is 0 Å². The molecule has 3 nitrogen and oxygen atoms in total. The van der Waals surface area contributed by atoms with Crippen molar-refractivity contribution in [2.24, 2.45) is 0 Å². The van der Waals surface area contributed by atoms with Gasteiger partial charge in [0.2, 0.25) is 0 Å². The third-order valence-electron chi connectivity index (χ3n) is 2.86. The van der Waals surface area contributed by atoms with E-state index >= 15 is 0 Å². The van der Waals surface area contributed by atoms with Crippen molar-refractivity contribution >= 4 is 5.97 Å². The molecule has 0 aliphatic carbocycles. The summed E-state index contributed by atoms with van der Waals surface area (Å²) in [4.78, 5) is 11.9. The first kappa shape index (κ1) is 15.6. The number of halogens is 2. The van der Waals surface area contributed by atoms with Crippen molar-refractivity contribution in [3.63, 3.8) is 0 Å². The molecule has 2 unspecified atom stereocenters. The minimum atomic E-state index is -0.921. The van der Waals surface area contributed by atoms with Crippen molar-refractivity contribution in [3.05, 3.63) is 35.4 Å². The lowest BCUT2D eigenvalue weighted by Gasteiger charge is -2.22. The molecule has 1 rings (SSSR count). The Bertz CT molecular complexity index is 437. The molecule has 0 saturated carbocycles. The minimum Gasteiger partial charge on any atom is -0.465 e. The Morgan fingerprint density at radius 2 is 2.05 bits per heavy atom. The smallest absolute Gasteiger partial charge is 0.327 e. The predicted octanol–water partition coefficient (Wildman–Crippen LogP) is 2.96. The highest BCUT2D eigenvalue weighted by Crippen LogP contribution is 2.20. The first-order chi connectivity index (χ1) is 8.99. The van der Waals surface area contributed by atoms with Gasteiger partial charge in [0.15, 0.2) is 0 Å². The van der Waals surface area contributed by atoms with E-state index in [-0.39, 0.29) is 18.2 Å². The van der Waals surface area contributed by atoms with Crippen LogP contribution < -0.4 is 5.32 Å². The average Bonchev–Trinajstić information content (AvgIpc) is 2.36. The molecule has 0 bridgehead atoms. The monoisotopic (exact) mass is 271 g/mol. The molecular weight excluding hydrogens is 252 g/mol. The van der Waals surface area contributed by atoms with E-state index in [0.29, 0.717) is 0 Å². The highest BCUT2D eigenvalue weighted by atomic mass is 19.1. The number of ether oxygens (including phenoxy) is 1. The van der Waals surface area contributed by atoms with Crippen LogP contribution >= 0.6 is 0 Å². The molecular formula is C14H19F2NO2. The fourth-order valence-corrected chi connectivity index (χ4v) is 1.65. The van der Waals surface area contributed by atoms with E-state index in [0.717, 1.165) is 18.6 Å². The molecule has 0 fully saturated rings. The summed E-state index contributed by atoms with van der Waals surface area (Å²) in [5, 5.41) is 2.99. The van der Waals surface area contributed by atoms with E-state index in [4.69, 9.17) is 4.74 Å². The lowest BCUT2D eigenvalue weighted by Crippen LogP contribution is -2.36. The molecule has 0 aliphatic rings. The van der Waals surface area contributed by atoms with Gasteiger partial charge in [-0.05, 0) is 26.3 Å². The van der Waals surface area contributed by atoms with Crippen molar-refractivity contribution in [1.29, 1.82) is 0 Å². The van der Waals surface area contributed by atoms with Gasteiger partial charge in [-0.3, -0.25) is 5.32 Å². The number of carbonyl (C=O) groups excluding carboxylic acids is 1. The summed E-state index contributed by atoms with van der Waals surface area (Å²) in [6.45, 7) is 5.72. The van der Waals surface area contributed by atoms with Gasteiger partial charge >= 0.3 is 5.97 Å². The second-order valence-corrected chi connectivity index (χ2v) is 4.33. The van der Waals surface area contributed by atoms with E-state index in [1.54, 1.807) is 6.92 Å². The second-order valence-electron chi connectivity index (χ2n) is 4.33. The molecule has 0 aromatic heterocycles. The number of carbonyl (C=O) groups is 1. The fourth-order valence-electron chi connectivity index (χ4n) is 1.65. The number of rotatable bonds is 6. The summed E-state index contributed by atoms with van der Waals surface area (Å²) >= 11 is 0. The molecule has 106 valence electrons. The van der Waals surface area contributed by atoms with E-state index in [9.17, 15) is 13.6 Å². The lowest BCUT2D eigenvalue weighted by molar-refractivity contribution is -0.146. The summed E-state index contributed by atoms with van der Waals surface area (Å²) in [5.41, 5.74) is 0.0974. The van der Waals surface area contributed by atoms with Gasteiger partial charge in [0.05, 0.1) is 6.61 Å². The Morgan fingerprint density at radius 3 is 2.58 bits per heavy atom. The van der Waals surface area contributed by atoms with E-state index in [1.165, 1.54) is 6.07 Å². The standard InChI is InChI=1S/C14H19F2NO2/c1-4-9(3)17-13(14(18)19-5-2)11-7-6-10(15)8-12(11)16/h6-9,13,17H,4-5H2,1-3H3. The third-order valence-corrected chi connectivity index (χ3v) is 2.86. The normalized spacial score (nSPS) is 13.9. The van der Waals surface area contributed by atoms with Crippen LogP contribution in [0, 0.1) is 11.6 Å². The number of esters is 1. The van der Waals surface area contributed by atoms with E-state index in [2.05, 4.69) is 5.32 Å². The van der Waals surface area contributed by atoms with Gasteiger partial charge < -0.3 is 4.74 Å². The van der Waals surface area contributed by atoms with Gasteiger partial charge in [-0.2, -0.15) is 0 Å². The molecule has 1 aromatic carbocycles. The Labute approximate surface area is 112 Å². The largest absolute Gasteiger partial charge is 0.465 e. The van der Waals surface area contributed by atoms with Crippen molar-refractivity contribution in [2.45, 2.75) is 39.3 Å². The summed E-state index contributed by atoms with van der Waals surface area (Å²) < 4.78 is 31.6. The zero-order valence-electron chi connectivity index (χ0n) is 11.4. The maximum atomic E-state index is 13.8. The highest BCUT2D eigenvalue weighted by molar-refractivity contribution is 5.77. The van der Waals surface area contributed by atoms with Crippen molar-refractivity contribution in [3.8, 4) is 0 Å². The molecule has 1 N–H and O–H groups in total. The first-order valence-electron chi connectivity index (χ1n) is 6.37. The number of hydrogen-bond donors (Lipinski definition) is 1. The van der Waals surface area contributed by atoms with Crippen LogP contribution in [0.2, 0.25) is 0 Å². The summed E-state index contributed by atoms with van der Waals surface area (Å²) in [7, 11) is 0. The zero-order valence-corrected chi connectivity index (χ0v) is 11.4. The first-order valence-corrected chi connectivity index (χ1v) is 6.37. The van der Waals surface area contributed by atoms with Crippen LogP contribution in [-0.2, 0) is 9.53 Å². The van der Waals surface area contributed by atoms with Gasteiger partial charge in [-0.15, -0.1) is 0 Å². The Balaban J connectivity index is 3.03. The van der Waals surface area contributed by atoms with Gasteiger partial charge in [-0.1, -0.05) is 13.0 Å². The number of nitrogens with one attached hydrogen (secondary N) is 1. The van der Waals surface area contributed by atoms with Gasteiger partial charge in [-0.25, -0.2) is 13.6 Å². The minimum absolute atomic E-state index is 0.0128. The molecule has 2 atom stereocenters. The van der Waals surface area contributed by atoms with Gasteiger partial charge in [0, 0.05) is 17.7 Å². The lowest BCUT2D eigenvalue weighted by atomic mass is 10.0. The summed E-state index contributed by atoms with van der Waals surface area (Å²) in [5.74, 6) is -1.99. The maximum absolute atomic E-state index is 13.8. The summed E-state index contributed by atoms with van der Waals surface area (Å²) in [6, 6.07) is 2.25.